The number of carbonyl (C=O) groups excluding carboxylic acids is 3. The molecule has 5 atom stereocenters. The standard InChI is InChI=1S/C38H47ClN4O6Si/c1-25-35(50(2,3)48)33(21-34(45)42(18-19-44)23-26-8-5-4-6-9-26)49-38(25)31-20-29(39)13-16-32(31)43(37(38)47)24-27-11-14-30(15-12-27)41-36(46)28-10-7-17-40-22-28/h4-6,8-9,11-16,20,25,28,33,35,40,44,48H,7,10,17-19,21-24H2,1-3H3,(H,41,46)/t25-,28?,33+,35-,38+/m1/s1. The van der Waals surface area contributed by atoms with E-state index in [0.29, 0.717) is 35.1 Å². The van der Waals surface area contributed by atoms with Gasteiger partial charge in [0, 0.05) is 47.4 Å². The smallest absolute Gasteiger partial charge is 0.264 e. The number of halogens is 1. The lowest BCUT2D eigenvalue weighted by atomic mass is 9.82. The Bertz CT molecular complexity index is 1700. The largest absolute Gasteiger partial charge is 0.432 e. The summed E-state index contributed by atoms with van der Waals surface area (Å²) in [6.45, 7) is 7.72. The first-order valence-electron chi connectivity index (χ1n) is 17.5. The van der Waals surface area contributed by atoms with Crippen LogP contribution in [0, 0.1) is 11.8 Å². The van der Waals surface area contributed by atoms with Gasteiger partial charge in [-0.15, -0.1) is 0 Å². The molecule has 2 fully saturated rings. The zero-order valence-corrected chi connectivity index (χ0v) is 30.7. The molecule has 0 aromatic heterocycles. The van der Waals surface area contributed by atoms with E-state index in [1.807, 2.05) is 80.7 Å². The van der Waals surface area contributed by atoms with Gasteiger partial charge in [0.25, 0.3) is 5.91 Å². The van der Waals surface area contributed by atoms with Crippen molar-refractivity contribution < 1.29 is 29.0 Å². The van der Waals surface area contributed by atoms with Gasteiger partial charge >= 0.3 is 0 Å². The van der Waals surface area contributed by atoms with Gasteiger partial charge in [-0.25, -0.2) is 0 Å². The molecule has 0 radical (unpaired) electrons. The van der Waals surface area contributed by atoms with Gasteiger partial charge in [0.05, 0.1) is 37.3 Å². The van der Waals surface area contributed by atoms with E-state index in [9.17, 15) is 24.3 Å². The minimum Gasteiger partial charge on any atom is -0.432 e. The van der Waals surface area contributed by atoms with Crippen molar-refractivity contribution >= 4 is 49.0 Å². The van der Waals surface area contributed by atoms with Crippen LogP contribution >= 0.6 is 11.6 Å². The van der Waals surface area contributed by atoms with Crippen LogP contribution in [0.15, 0.2) is 72.8 Å². The Morgan fingerprint density at radius 1 is 1.10 bits per heavy atom. The first-order valence-corrected chi connectivity index (χ1v) is 20.9. The predicted molar refractivity (Wildman–Crippen MR) is 196 cm³/mol. The number of amides is 3. The third-order valence-electron chi connectivity index (χ3n) is 10.5. The van der Waals surface area contributed by atoms with E-state index in [0.717, 1.165) is 30.5 Å². The van der Waals surface area contributed by atoms with Gasteiger partial charge < -0.3 is 35.1 Å². The molecule has 3 heterocycles. The summed E-state index contributed by atoms with van der Waals surface area (Å²) in [5.74, 6) is -1.01. The summed E-state index contributed by atoms with van der Waals surface area (Å²) in [4.78, 5) is 56.4. The molecule has 3 aromatic rings. The fourth-order valence-electron chi connectivity index (χ4n) is 8.12. The number of rotatable bonds is 11. The van der Waals surface area contributed by atoms with Crippen molar-refractivity contribution in [3.63, 3.8) is 0 Å². The second-order valence-electron chi connectivity index (χ2n) is 14.4. The van der Waals surface area contributed by atoms with E-state index >= 15 is 0 Å². The van der Waals surface area contributed by atoms with Crippen LogP contribution in [0.5, 0.6) is 0 Å². The molecule has 3 aliphatic heterocycles. The monoisotopic (exact) mass is 718 g/mol. The minimum atomic E-state index is -3.02. The molecule has 50 heavy (non-hydrogen) atoms. The van der Waals surface area contributed by atoms with E-state index in [1.165, 1.54) is 0 Å². The fourth-order valence-corrected chi connectivity index (χ4v) is 10.8. The summed E-state index contributed by atoms with van der Waals surface area (Å²) in [6, 6.07) is 22.4. The quantitative estimate of drug-likeness (QED) is 0.205. The average molecular weight is 719 g/mol. The number of anilines is 2. The van der Waals surface area contributed by atoms with E-state index in [4.69, 9.17) is 16.3 Å². The van der Waals surface area contributed by atoms with E-state index in [-0.39, 0.29) is 49.8 Å². The molecule has 3 amide bonds. The van der Waals surface area contributed by atoms with Crippen LogP contribution in [0.25, 0.3) is 0 Å². The highest BCUT2D eigenvalue weighted by molar-refractivity contribution is 6.71. The average Bonchev–Trinajstić information content (AvgIpc) is 3.52. The van der Waals surface area contributed by atoms with Crippen LogP contribution in [0.4, 0.5) is 11.4 Å². The third kappa shape index (κ3) is 7.26. The number of aliphatic hydroxyl groups excluding tert-OH is 1. The molecule has 0 bridgehead atoms. The number of carbonyl (C=O) groups is 3. The van der Waals surface area contributed by atoms with Crippen LogP contribution in [0.1, 0.15) is 42.9 Å². The van der Waals surface area contributed by atoms with Crippen LogP contribution in [0.2, 0.25) is 23.7 Å². The van der Waals surface area contributed by atoms with Crippen molar-refractivity contribution in [2.45, 2.75) is 69.6 Å². The molecule has 3 aliphatic rings. The number of aliphatic hydroxyl groups is 1. The molecule has 6 rings (SSSR count). The van der Waals surface area contributed by atoms with Gasteiger partial charge in [-0.1, -0.05) is 61.0 Å². The second-order valence-corrected chi connectivity index (χ2v) is 18.8. The Morgan fingerprint density at radius 3 is 2.50 bits per heavy atom. The number of fused-ring (bicyclic) bond motifs is 2. The highest BCUT2D eigenvalue weighted by Gasteiger charge is 2.66. The van der Waals surface area contributed by atoms with Crippen LogP contribution in [-0.2, 0) is 37.8 Å². The lowest BCUT2D eigenvalue weighted by Gasteiger charge is -2.32. The molecule has 10 nitrogen and oxygen atoms in total. The molecule has 4 N–H and O–H groups in total. The highest BCUT2D eigenvalue weighted by atomic mass is 35.5. The number of ether oxygens (including phenoxy) is 1. The van der Waals surface area contributed by atoms with E-state index in [2.05, 4.69) is 10.6 Å². The summed E-state index contributed by atoms with van der Waals surface area (Å²) in [7, 11) is -3.02. The predicted octanol–water partition coefficient (Wildman–Crippen LogP) is 5.03. The van der Waals surface area contributed by atoms with Gasteiger partial charge in [-0.05, 0) is 73.9 Å². The molecule has 12 heteroatoms. The number of nitrogens with one attached hydrogen (secondary N) is 2. The van der Waals surface area contributed by atoms with Crippen molar-refractivity contribution in [1.82, 2.24) is 10.2 Å². The van der Waals surface area contributed by atoms with Crippen molar-refractivity contribution in [1.29, 1.82) is 0 Å². The summed E-state index contributed by atoms with van der Waals surface area (Å²) >= 11 is 6.55. The van der Waals surface area contributed by atoms with Crippen molar-refractivity contribution in [2.75, 3.05) is 36.5 Å². The molecule has 2 saturated heterocycles. The van der Waals surface area contributed by atoms with Crippen molar-refractivity contribution in [2.24, 2.45) is 11.8 Å². The Balaban J connectivity index is 1.26. The van der Waals surface area contributed by atoms with Gasteiger partial charge in [0.1, 0.15) is 0 Å². The minimum absolute atomic E-state index is 0.00252. The van der Waals surface area contributed by atoms with Crippen molar-refractivity contribution in [3.05, 3.63) is 94.5 Å². The maximum absolute atomic E-state index is 14.8. The maximum Gasteiger partial charge on any atom is 0.264 e. The molecule has 266 valence electrons. The molecular weight excluding hydrogens is 672 g/mol. The highest BCUT2D eigenvalue weighted by Crippen LogP contribution is 2.60. The molecule has 0 saturated carbocycles. The van der Waals surface area contributed by atoms with Gasteiger partial charge in [0.2, 0.25) is 11.8 Å². The topological polar surface area (TPSA) is 131 Å². The number of nitrogens with zero attached hydrogens (tertiary/aromatic N) is 2. The van der Waals surface area contributed by atoms with E-state index < -0.39 is 31.5 Å². The van der Waals surface area contributed by atoms with Gasteiger partial charge in [-0.3, -0.25) is 14.4 Å². The first-order chi connectivity index (χ1) is 23.9. The zero-order chi connectivity index (χ0) is 35.6. The number of hydrogen-bond donors (Lipinski definition) is 4. The summed E-state index contributed by atoms with van der Waals surface area (Å²) in [5, 5.41) is 16.5. The Morgan fingerprint density at radius 2 is 1.84 bits per heavy atom. The lowest BCUT2D eigenvalue weighted by Crippen LogP contribution is -2.46. The Kier molecular flexibility index (Phi) is 10.8. The van der Waals surface area contributed by atoms with E-state index in [1.54, 1.807) is 21.9 Å². The van der Waals surface area contributed by atoms with Gasteiger partial charge in [0.15, 0.2) is 13.9 Å². The normalized spacial score (nSPS) is 24.8. The number of benzene rings is 3. The lowest BCUT2D eigenvalue weighted by molar-refractivity contribution is -0.150. The summed E-state index contributed by atoms with van der Waals surface area (Å²) in [6.07, 6.45) is 1.05. The maximum atomic E-state index is 14.8. The fraction of sp³-hybridized carbons (Fsp3) is 0.447. The number of hydrogen-bond acceptors (Lipinski definition) is 7. The molecule has 3 aromatic carbocycles. The Labute approximate surface area is 299 Å². The van der Waals surface area contributed by atoms with Crippen LogP contribution in [0.3, 0.4) is 0 Å². The third-order valence-corrected chi connectivity index (χ3v) is 13.2. The molecular formula is C38H47ClN4O6Si. The molecule has 1 spiro atoms. The van der Waals surface area contributed by atoms with Crippen LogP contribution < -0.4 is 15.5 Å². The summed E-state index contributed by atoms with van der Waals surface area (Å²) in [5.41, 5.74) is 1.89. The van der Waals surface area contributed by atoms with Crippen LogP contribution in [-0.4, -0.2) is 73.2 Å². The molecule has 0 aliphatic carbocycles. The van der Waals surface area contributed by atoms with Gasteiger partial charge in [-0.2, -0.15) is 0 Å². The van der Waals surface area contributed by atoms with Crippen molar-refractivity contribution in [3.8, 4) is 0 Å². The first kappa shape index (κ1) is 36.2. The molecule has 1 unspecified atom stereocenters. The summed E-state index contributed by atoms with van der Waals surface area (Å²) < 4.78 is 6.85. The SMILES string of the molecule is C[C@@H]1[C@@H]([Si](C)(C)O)[C@H](CC(=O)N(CCO)Cc2ccccc2)O[C@@]12C(=O)N(Cc1ccc(NC(=O)C3CCCNC3)cc1)c1ccc(Cl)cc12. The second kappa shape index (κ2) is 15.0. The zero-order valence-electron chi connectivity index (χ0n) is 28.9. The Hall–Kier alpha value is -3.58. The number of piperidine rings is 1.